The standard InChI is InChI=1S/C15H21N5OS/c1-21-9-2-3-11-10(6-9)12-13(22-11)14(19-15(17)18-12)20-5-4-8(16)7-20/h8-9H,2-7,16H2,1H3,(H2,17,18,19)/t8-,9?/m1/s1. The number of nitrogens with zero attached hydrogens (tertiary/aromatic N) is 3. The molecule has 7 heteroatoms. The molecule has 1 aliphatic carbocycles. The van der Waals surface area contributed by atoms with Gasteiger partial charge in [0, 0.05) is 37.5 Å². The van der Waals surface area contributed by atoms with Crippen molar-refractivity contribution < 1.29 is 4.74 Å². The fourth-order valence-corrected chi connectivity index (χ4v) is 4.80. The topological polar surface area (TPSA) is 90.3 Å². The van der Waals surface area contributed by atoms with Gasteiger partial charge in [0.05, 0.1) is 16.3 Å². The van der Waals surface area contributed by atoms with Crippen LogP contribution in [-0.2, 0) is 17.6 Å². The van der Waals surface area contributed by atoms with Gasteiger partial charge in [0.2, 0.25) is 5.95 Å². The molecule has 0 spiro atoms. The number of nitrogens with two attached hydrogens (primary N) is 2. The van der Waals surface area contributed by atoms with Crippen molar-refractivity contribution in [2.75, 3.05) is 30.8 Å². The lowest BCUT2D eigenvalue weighted by Crippen LogP contribution is -2.27. The van der Waals surface area contributed by atoms with Gasteiger partial charge in [0.1, 0.15) is 0 Å². The van der Waals surface area contributed by atoms with E-state index in [1.807, 2.05) is 11.3 Å². The fourth-order valence-electron chi connectivity index (χ4n) is 3.50. The summed E-state index contributed by atoms with van der Waals surface area (Å²) >= 11 is 1.82. The monoisotopic (exact) mass is 319 g/mol. The maximum absolute atomic E-state index is 6.05. The average molecular weight is 319 g/mol. The summed E-state index contributed by atoms with van der Waals surface area (Å²) in [4.78, 5) is 12.7. The minimum atomic E-state index is 0.221. The summed E-state index contributed by atoms with van der Waals surface area (Å²) in [6.45, 7) is 1.78. The number of anilines is 2. The van der Waals surface area contributed by atoms with Crippen molar-refractivity contribution in [3.05, 3.63) is 10.4 Å². The van der Waals surface area contributed by atoms with Crippen molar-refractivity contribution in [3.63, 3.8) is 0 Å². The number of aromatic nitrogens is 2. The number of hydrogen-bond acceptors (Lipinski definition) is 7. The SMILES string of the molecule is COC1CCc2sc3c(N4CC[C@@H](N)C4)nc(N)nc3c2C1. The number of fused-ring (bicyclic) bond motifs is 3. The lowest BCUT2D eigenvalue weighted by Gasteiger charge is -2.20. The van der Waals surface area contributed by atoms with Crippen LogP contribution in [0.15, 0.2) is 0 Å². The Bertz CT molecular complexity index is 716. The van der Waals surface area contributed by atoms with Gasteiger partial charge in [-0.05, 0) is 24.8 Å². The van der Waals surface area contributed by atoms with Crippen LogP contribution in [0.5, 0.6) is 0 Å². The van der Waals surface area contributed by atoms with Crippen LogP contribution in [0.3, 0.4) is 0 Å². The number of thiophene rings is 1. The van der Waals surface area contributed by atoms with Gasteiger partial charge in [-0.15, -0.1) is 11.3 Å². The second kappa shape index (κ2) is 5.33. The molecule has 0 saturated carbocycles. The molecule has 3 heterocycles. The van der Waals surface area contributed by atoms with Crippen LogP contribution >= 0.6 is 11.3 Å². The van der Waals surface area contributed by atoms with Crippen LogP contribution in [0.25, 0.3) is 10.2 Å². The summed E-state index contributed by atoms with van der Waals surface area (Å²) in [5, 5.41) is 0. The van der Waals surface area contributed by atoms with Gasteiger partial charge in [-0.2, -0.15) is 4.98 Å². The smallest absolute Gasteiger partial charge is 0.222 e. The van der Waals surface area contributed by atoms with E-state index in [1.165, 1.54) is 10.4 Å². The normalized spacial score (nSPS) is 24.9. The van der Waals surface area contributed by atoms with Crippen LogP contribution in [0.2, 0.25) is 0 Å². The summed E-state index contributed by atoms with van der Waals surface area (Å²) in [5.41, 5.74) is 14.3. The van der Waals surface area contributed by atoms with E-state index in [1.54, 1.807) is 7.11 Å². The highest BCUT2D eigenvalue weighted by Crippen LogP contribution is 2.40. The maximum Gasteiger partial charge on any atom is 0.222 e. The molecule has 6 nitrogen and oxygen atoms in total. The van der Waals surface area contributed by atoms with Crippen LogP contribution in [0, 0.1) is 0 Å². The van der Waals surface area contributed by atoms with Crippen LogP contribution < -0.4 is 16.4 Å². The Hall–Kier alpha value is -1.44. The Morgan fingerprint density at radius 1 is 1.32 bits per heavy atom. The molecule has 0 amide bonds. The lowest BCUT2D eigenvalue weighted by atomic mass is 9.95. The van der Waals surface area contributed by atoms with Crippen LogP contribution in [0.4, 0.5) is 11.8 Å². The molecule has 1 fully saturated rings. The molecule has 22 heavy (non-hydrogen) atoms. The number of hydrogen-bond donors (Lipinski definition) is 2. The summed E-state index contributed by atoms with van der Waals surface area (Å²) in [7, 11) is 1.78. The summed E-state index contributed by atoms with van der Waals surface area (Å²) in [6.07, 6.45) is 4.32. The maximum atomic E-state index is 6.05. The predicted octanol–water partition coefficient (Wildman–Crippen LogP) is 1.31. The third-order valence-electron chi connectivity index (χ3n) is 4.70. The van der Waals surface area contributed by atoms with E-state index in [0.717, 1.165) is 54.8 Å². The zero-order valence-electron chi connectivity index (χ0n) is 12.7. The zero-order chi connectivity index (χ0) is 15.3. The van der Waals surface area contributed by atoms with E-state index in [4.69, 9.17) is 16.2 Å². The Kier molecular flexibility index (Phi) is 3.43. The number of nitrogen functional groups attached to an aromatic ring is 1. The van der Waals surface area contributed by atoms with Gasteiger partial charge < -0.3 is 21.1 Å². The van der Waals surface area contributed by atoms with Gasteiger partial charge in [-0.25, -0.2) is 4.98 Å². The molecule has 0 aromatic carbocycles. The number of rotatable bonds is 2. The van der Waals surface area contributed by atoms with Crippen molar-refractivity contribution >= 4 is 33.3 Å². The first-order chi connectivity index (χ1) is 10.7. The molecule has 0 radical (unpaired) electrons. The largest absolute Gasteiger partial charge is 0.381 e. The second-order valence-corrected chi connectivity index (χ2v) is 7.29. The molecule has 2 aromatic rings. The van der Waals surface area contributed by atoms with Crippen molar-refractivity contribution in [3.8, 4) is 0 Å². The Morgan fingerprint density at radius 3 is 2.91 bits per heavy atom. The van der Waals surface area contributed by atoms with Crippen molar-refractivity contribution in [2.24, 2.45) is 5.73 Å². The van der Waals surface area contributed by atoms with Gasteiger partial charge >= 0.3 is 0 Å². The third-order valence-corrected chi connectivity index (χ3v) is 5.97. The predicted molar refractivity (Wildman–Crippen MR) is 89.5 cm³/mol. The van der Waals surface area contributed by atoms with E-state index < -0.39 is 0 Å². The summed E-state index contributed by atoms with van der Waals surface area (Å²) in [6, 6.07) is 0.221. The quantitative estimate of drug-likeness (QED) is 0.867. The summed E-state index contributed by atoms with van der Waals surface area (Å²) < 4.78 is 6.70. The first-order valence-electron chi connectivity index (χ1n) is 7.76. The Morgan fingerprint density at radius 2 is 2.18 bits per heavy atom. The molecule has 0 bridgehead atoms. The summed E-state index contributed by atoms with van der Waals surface area (Å²) in [5.74, 6) is 1.31. The highest BCUT2D eigenvalue weighted by atomic mass is 32.1. The molecule has 4 N–H and O–H groups in total. The molecule has 1 aliphatic heterocycles. The zero-order valence-corrected chi connectivity index (χ0v) is 13.5. The number of methoxy groups -OCH3 is 1. The van der Waals surface area contributed by atoms with Gasteiger partial charge in [-0.3, -0.25) is 0 Å². The van der Waals surface area contributed by atoms with Crippen molar-refractivity contribution in [2.45, 2.75) is 37.8 Å². The van der Waals surface area contributed by atoms with E-state index >= 15 is 0 Å². The Balaban J connectivity index is 1.84. The number of ether oxygens (including phenoxy) is 1. The molecule has 2 aliphatic rings. The molecular weight excluding hydrogens is 298 g/mol. The minimum Gasteiger partial charge on any atom is -0.381 e. The molecule has 1 unspecified atom stereocenters. The first kappa shape index (κ1) is 14.2. The van der Waals surface area contributed by atoms with Gasteiger partial charge in [0.25, 0.3) is 0 Å². The highest BCUT2D eigenvalue weighted by Gasteiger charge is 2.28. The van der Waals surface area contributed by atoms with E-state index in [9.17, 15) is 0 Å². The lowest BCUT2D eigenvalue weighted by molar-refractivity contribution is 0.0919. The van der Waals surface area contributed by atoms with Crippen LogP contribution in [0.1, 0.15) is 23.3 Å². The molecule has 2 aromatic heterocycles. The average Bonchev–Trinajstić information content (AvgIpc) is 3.09. The number of aryl methyl sites for hydroxylation is 1. The highest BCUT2D eigenvalue weighted by molar-refractivity contribution is 7.19. The molecular formula is C15H21N5OS. The molecule has 1 saturated heterocycles. The minimum absolute atomic E-state index is 0.221. The van der Waals surface area contributed by atoms with Crippen molar-refractivity contribution in [1.82, 2.24) is 9.97 Å². The molecule has 2 atom stereocenters. The first-order valence-corrected chi connectivity index (χ1v) is 8.58. The van der Waals surface area contributed by atoms with E-state index in [0.29, 0.717) is 5.95 Å². The van der Waals surface area contributed by atoms with Gasteiger partial charge in [0.15, 0.2) is 5.82 Å². The third kappa shape index (κ3) is 2.24. The molecule has 4 rings (SSSR count). The van der Waals surface area contributed by atoms with Gasteiger partial charge in [-0.1, -0.05) is 0 Å². The molecule has 118 valence electrons. The van der Waals surface area contributed by atoms with E-state index in [2.05, 4.69) is 14.9 Å². The Labute approximate surface area is 133 Å². The second-order valence-electron chi connectivity index (χ2n) is 6.18. The van der Waals surface area contributed by atoms with Crippen molar-refractivity contribution in [1.29, 1.82) is 0 Å². The fraction of sp³-hybridized carbons (Fsp3) is 0.600. The van der Waals surface area contributed by atoms with Crippen LogP contribution in [-0.4, -0.2) is 42.3 Å². The van der Waals surface area contributed by atoms with E-state index in [-0.39, 0.29) is 12.1 Å².